The number of benzene rings is 2. The summed E-state index contributed by atoms with van der Waals surface area (Å²) in [5.41, 5.74) is -3.19. The Morgan fingerprint density at radius 3 is 1.82 bits per heavy atom. The summed E-state index contributed by atoms with van der Waals surface area (Å²) in [5, 5.41) is 41.0. The second kappa shape index (κ2) is 11.5. The maximum atomic E-state index is 14.2. The maximum Gasteiger partial charge on any atom is 0.346 e. The van der Waals surface area contributed by atoms with Crippen LogP contribution in [0.25, 0.3) is 0 Å². The van der Waals surface area contributed by atoms with Gasteiger partial charge in [0.25, 0.3) is 0 Å². The van der Waals surface area contributed by atoms with Crippen LogP contribution in [0.3, 0.4) is 0 Å². The Morgan fingerprint density at radius 2 is 1.30 bits per heavy atom. The molecule has 0 aliphatic heterocycles. The Balaban J connectivity index is 1.99. The number of hydrogen-bond acceptors (Lipinski definition) is 12. The van der Waals surface area contributed by atoms with E-state index in [1.807, 2.05) is 0 Å². The summed E-state index contributed by atoms with van der Waals surface area (Å²) in [6.07, 6.45) is 0.120. The number of esters is 1. The lowest BCUT2D eigenvalue weighted by atomic mass is 9.71. The van der Waals surface area contributed by atoms with Crippen LogP contribution in [-0.4, -0.2) is 69.2 Å². The van der Waals surface area contributed by atoms with E-state index < -0.39 is 93.9 Å². The summed E-state index contributed by atoms with van der Waals surface area (Å²) in [5.74, 6) is -7.94. The molecule has 0 bridgehead atoms. The summed E-state index contributed by atoms with van der Waals surface area (Å²) in [7, 11) is 0. The molecule has 44 heavy (non-hydrogen) atoms. The summed E-state index contributed by atoms with van der Waals surface area (Å²) in [6, 6.07) is 1.03. The van der Waals surface area contributed by atoms with Gasteiger partial charge in [-0.3, -0.25) is 24.0 Å². The third-order valence-corrected chi connectivity index (χ3v) is 7.73. The molecule has 4 N–H and O–H groups in total. The van der Waals surface area contributed by atoms with Crippen LogP contribution >= 0.6 is 0 Å². The number of Topliss-reactive ketones (excluding diaryl/α,β-unsaturated/α-hetero) is 4. The van der Waals surface area contributed by atoms with E-state index in [1.165, 1.54) is 13.8 Å². The molecule has 0 heterocycles. The third-order valence-electron chi connectivity index (χ3n) is 7.73. The molecule has 0 unspecified atom stereocenters. The van der Waals surface area contributed by atoms with E-state index in [-0.39, 0.29) is 51.0 Å². The molecule has 4 rings (SSSR count). The number of carbonyl (C=O) groups excluding carboxylic acids is 6. The van der Waals surface area contributed by atoms with Crippen molar-refractivity contribution >= 4 is 35.4 Å². The zero-order chi connectivity index (χ0) is 32.9. The second-order valence-electron chi connectivity index (χ2n) is 11.0. The van der Waals surface area contributed by atoms with Gasteiger partial charge in [0.1, 0.15) is 0 Å². The van der Waals surface area contributed by atoms with E-state index in [2.05, 4.69) is 4.74 Å². The van der Waals surface area contributed by atoms with Crippen LogP contribution < -0.4 is 4.74 Å². The molecule has 0 aromatic heterocycles. The van der Waals surface area contributed by atoms with Crippen LogP contribution in [0.5, 0.6) is 23.0 Å². The third kappa shape index (κ3) is 4.67. The molecule has 0 fully saturated rings. The van der Waals surface area contributed by atoms with Gasteiger partial charge in [0, 0.05) is 55.7 Å². The molecule has 12 nitrogen and oxygen atoms in total. The highest BCUT2D eigenvalue weighted by atomic mass is 16.6. The van der Waals surface area contributed by atoms with E-state index in [1.54, 1.807) is 27.7 Å². The number of fused-ring (bicyclic) bond motifs is 2. The number of phenolic OH excluding ortho intramolecular Hbond substituents is 3. The number of aliphatic hydroxyl groups is 1. The fourth-order valence-corrected chi connectivity index (χ4v) is 5.73. The molecule has 0 radical (unpaired) electrons. The number of ketones is 4. The van der Waals surface area contributed by atoms with Crippen LogP contribution in [0.15, 0.2) is 28.4 Å². The summed E-state index contributed by atoms with van der Waals surface area (Å²) >= 11 is 0. The molecule has 0 spiro atoms. The zero-order valence-corrected chi connectivity index (χ0v) is 24.8. The van der Waals surface area contributed by atoms with Gasteiger partial charge in [-0.05, 0) is 31.7 Å². The van der Waals surface area contributed by atoms with Gasteiger partial charge in [-0.1, -0.05) is 27.7 Å². The Kier molecular flexibility index (Phi) is 8.34. The molecule has 0 saturated carbocycles. The summed E-state index contributed by atoms with van der Waals surface area (Å²) in [4.78, 5) is 79.8. The maximum absolute atomic E-state index is 14.2. The molecule has 2 aliphatic carbocycles. The van der Waals surface area contributed by atoms with Crippen molar-refractivity contribution in [2.24, 2.45) is 0 Å². The number of aromatic hydroxyl groups is 3. The van der Waals surface area contributed by atoms with Crippen LogP contribution in [0.1, 0.15) is 116 Å². The molecule has 230 valence electrons. The van der Waals surface area contributed by atoms with Crippen LogP contribution in [0, 0.1) is 0 Å². The minimum atomic E-state index is -0.985. The smallest absolute Gasteiger partial charge is 0.346 e. The molecular weight excluding hydrogens is 576 g/mol. The lowest BCUT2D eigenvalue weighted by Gasteiger charge is -2.29. The first-order valence-corrected chi connectivity index (χ1v) is 13.6. The molecule has 0 saturated heterocycles. The number of rotatable bonds is 8. The first-order chi connectivity index (χ1) is 20.6. The number of ether oxygens (including phenoxy) is 2. The zero-order valence-electron chi connectivity index (χ0n) is 24.8. The number of aldehydes is 1. The van der Waals surface area contributed by atoms with Crippen molar-refractivity contribution in [1.29, 1.82) is 0 Å². The first kappa shape index (κ1) is 31.8. The number of phenols is 3. The van der Waals surface area contributed by atoms with Crippen molar-refractivity contribution in [3.8, 4) is 23.0 Å². The highest BCUT2D eigenvalue weighted by Gasteiger charge is 2.44. The fraction of sp³-hybridized carbons (Fsp3) is 0.312. The summed E-state index contributed by atoms with van der Waals surface area (Å²) in [6.45, 7) is 7.41. The van der Waals surface area contributed by atoms with E-state index in [4.69, 9.17) is 9.84 Å². The quantitative estimate of drug-likeness (QED) is 0.147. The Bertz CT molecular complexity index is 1770. The summed E-state index contributed by atoms with van der Waals surface area (Å²) < 4.78 is 9.77. The fourth-order valence-electron chi connectivity index (χ4n) is 5.73. The van der Waals surface area contributed by atoms with Crippen molar-refractivity contribution in [2.75, 3.05) is 13.4 Å². The lowest BCUT2D eigenvalue weighted by molar-refractivity contribution is -0.154. The van der Waals surface area contributed by atoms with Crippen molar-refractivity contribution in [1.82, 2.24) is 0 Å². The molecular formula is C32H30O12. The van der Waals surface area contributed by atoms with E-state index in [9.17, 15) is 44.1 Å². The van der Waals surface area contributed by atoms with E-state index in [0.717, 1.165) is 6.07 Å². The molecule has 0 amide bonds. The van der Waals surface area contributed by atoms with Crippen LogP contribution in [0.4, 0.5) is 0 Å². The lowest BCUT2D eigenvalue weighted by Crippen LogP contribution is -2.31. The van der Waals surface area contributed by atoms with E-state index in [0.29, 0.717) is 0 Å². The van der Waals surface area contributed by atoms with E-state index >= 15 is 0 Å². The van der Waals surface area contributed by atoms with Gasteiger partial charge >= 0.3 is 5.97 Å². The second-order valence-corrected chi connectivity index (χ2v) is 11.0. The van der Waals surface area contributed by atoms with Gasteiger partial charge in [0.05, 0.1) is 5.56 Å². The van der Waals surface area contributed by atoms with Crippen molar-refractivity contribution in [3.05, 3.63) is 67.3 Å². The van der Waals surface area contributed by atoms with Crippen molar-refractivity contribution in [3.63, 3.8) is 0 Å². The Morgan fingerprint density at radius 1 is 0.773 bits per heavy atom. The highest BCUT2D eigenvalue weighted by Crippen LogP contribution is 2.48. The molecule has 0 atom stereocenters. The largest absolute Gasteiger partial charge is 0.504 e. The van der Waals surface area contributed by atoms with Gasteiger partial charge in [0.15, 0.2) is 65.8 Å². The van der Waals surface area contributed by atoms with Gasteiger partial charge in [-0.15, -0.1) is 0 Å². The Hall–Kier alpha value is -5.10. The van der Waals surface area contributed by atoms with Gasteiger partial charge in [-0.25, -0.2) is 4.79 Å². The SMILES string of the molecule is CC1=C(C2=C(C)C(=O)c3c(c(C=O)c(O)c(O)c3C(C)C)C2=O)C(=O)c2cc(OCC(=O)OCO)c(O)c(C(C)C)c2C1=O. The minimum Gasteiger partial charge on any atom is -0.504 e. The topological polar surface area (TPSA) is 202 Å². The molecule has 12 heteroatoms. The highest BCUT2D eigenvalue weighted by molar-refractivity contribution is 6.38. The first-order valence-electron chi connectivity index (χ1n) is 13.6. The predicted molar refractivity (Wildman–Crippen MR) is 153 cm³/mol. The number of allylic oxidation sites excluding steroid dienone is 4. The minimum absolute atomic E-state index is 0.0390. The average molecular weight is 607 g/mol. The molecule has 2 aromatic carbocycles. The van der Waals surface area contributed by atoms with Gasteiger partial charge < -0.3 is 29.9 Å². The van der Waals surface area contributed by atoms with Crippen molar-refractivity contribution < 1.29 is 58.7 Å². The number of hydrogen-bond donors (Lipinski definition) is 4. The van der Waals surface area contributed by atoms with Gasteiger partial charge in [0.2, 0.25) is 0 Å². The normalized spacial score (nSPS) is 14.8. The predicted octanol–water partition coefficient (Wildman–Crippen LogP) is 3.83. The molecule has 2 aliphatic rings. The number of aliphatic hydroxyl groups excluding tert-OH is 1. The monoisotopic (exact) mass is 606 g/mol. The van der Waals surface area contributed by atoms with Crippen LogP contribution in [0.2, 0.25) is 0 Å². The number of carbonyl (C=O) groups is 6. The standard InChI is InChI=1S/C32H30O12/c1-11(2)19-23-15(7-17(30(19)40)43-9-18(35)44-10-34)28(38)21(13(5)26(23)36)22-14(6)27(37)25-20(12(3)4)32(42)29(39)16(8-33)24(25)31(22)41/h7-8,11-12,34,39-40,42H,9-10H2,1-6H3. The van der Waals surface area contributed by atoms with Crippen LogP contribution in [-0.2, 0) is 9.53 Å². The Labute approximate surface area is 251 Å². The van der Waals surface area contributed by atoms with Gasteiger partial charge in [-0.2, -0.15) is 0 Å². The van der Waals surface area contributed by atoms with Crippen molar-refractivity contribution in [2.45, 2.75) is 53.4 Å². The molecule has 2 aromatic rings. The average Bonchev–Trinajstić information content (AvgIpc) is 2.96.